The molecule has 0 spiro atoms. The number of alkyl halides is 2. The fraction of sp³-hybridized carbons (Fsp3) is 0.143. The Bertz CT molecular complexity index is 383. The van der Waals surface area contributed by atoms with Crippen molar-refractivity contribution in [1.29, 1.82) is 0 Å². The highest BCUT2D eigenvalue weighted by Crippen LogP contribution is 2.32. The molecule has 7 heteroatoms. The first kappa shape index (κ1) is 11.6. The van der Waals surface area contributed by atoms with Crippen LogP contribution in [0.5, 0.6) is 0 Å². The number of hydrogen-bond donors (Lipinski definition) is 0. The van der Waals surface area contributed by atoms with Gasteiger partial charge < -0.3 is 0 Å². The molecule has 0 unspecified atom stereocenters. The summed E-state index contributed by atoms with van der Waals surface area (Å²) in [6.45, 7) is 0. The molecule has 0 saturated carbocycles. The second-order valence-corrected chi connectivity index (χ2v) is 3.38. The van der Waals surface area contributed by atoms with E-state index in [0.29, 0.717) is 0 Å². The van der Waals surface area contributed by atoms with Gasteiger partial charge >= 0.3 is 0 Å². The third-order valence-corrected chi connectivity index (χ3v) is 2.26. The van der Waals surface area contributed by atoms with E-state index in [1.54, 1.807) is 0 Å². The van der Waals surface area contributed by atoms with Crippen LogP contribution in [0.25, 0.3) is 0 Å². The summed E-state index contributed by atoms with van der Waals surface area (Å²) in [5, 5.41) is -1.66. The third kappa shape index (κ3) is 2.13. The van der Waals surface area contributed by atoms with Crippen LogP contribution in [0.4, 0.5) is 8.78 Å². The summed E-state index contributed by atoms with van der Waals surface area (Å²) in [7, 11) is 0. The van der Waals surface area contributed by atoms with Crippen LogP contribution >= 0.6 is 34.8 Å². The van der Waals surface area contributed by atoms with E-state index in [4.69, 9.17) is 34.8 Å². The summed E-state index contributed by atoms with van der Waals surface area (Å²) in [4.78, 5) is 14.1. The molecule has 0 amide bonds. The van der Waals surface area contributed by atoms with Gasteiger partial charge in [0.2, 0.25) is 0 Å². The fourth-order valence-electron chi connectivity index (χ4n) is 0.813. The van der Waals surface area contributed by atoms with Gasteiger partial charge in [-0.3, -0.25) is 9.78 Å². The lowest BCUT2D eigenvalue weighted by molar-refractivity contribution is 0.108. The van der Waals surface area contributed by atoms with Gasteiger partial charge in [0, 0.05) is 6.20 Å². The Labute approximate surface area is 92.8 Å². The van der Waals surface area contributed by atoms with Gasteiger partial charge in [-0.1, -0.05) is 23.2 Å². The number of halogens is 5. The van der Waals surface area contributed by atoms with Crippen molar-refractivity contribution in [2.45, 2.75) is 6.43 Å². The first-order chi connectivity index (χ1) is 6.45. The fourth-order valence-corrected chi connectivity index (χ4v) is 1.70. The zero-order valence-electron chi connectivity index (χ0n) is 6.40. The summed E-state index contributed by atoms with van der Waals surface area (Å²) < 4.78 is 24.5. The van der Waals surface area contributed by atoms with E-state index >= 15 is 0 Å². The van der Waals surface area contributed by atoms with Crippen molar-refractivity contribution in [3.8, 4) is 0 Å². The molecule has 0 bridgehead atoms. The molecule has 14 heavy (non-hydrogen) atoms. The van der Waals surface area contributed by atoms with Crippen molar-refractivity contribution in [3.63, 3.8) is 0 Å². The Hall–Kier alpha value is -0.450. The van der Waals surface area contributed by atoms with Crippen molar-refractivity contribution in [1.82, 2.24) is 4.98 Å². The first-order valence-electron chi connectivity index (χ1n) is 3.27. The summed E-state index contributed by atoms with van der Waals surface area (Å²) >= 11 is 16.1. The zero-order chi connectivity index (χ0) is 10.9. The molecule has 0 fully saturated rings. The van der Waals surface area contributed by atoms with Crippen LogP contribution < -0.4 is 0 Å². The van der Waals surface area contributed by atoms with E-state index in [-0.39, 0.29) is 10.6 Å². The van der Waals surface area contributed by atoms with Crippen molar-refractivity contribution >= 4 is 40.0 Å². The summed E-state index contributed by atoms with van der Waals surface area (Å²) in [5.41, 5.74) is -1.06. The number of pyridine rings is 1. The molecule has 1 aromatic heterocycles. The summed E-state index contributed by atoms with van der Waals surface area (Å²) in [6.07, 6.45) is -1.97. The van der Waals surface area contributed by atoms with Gasteiger partial charge in [0.25, 0.3) is 11.7 Å². The van der Waals surface area contributed by atoms with E-state index in [1.807, 2.05) is 0 Å². The second-order valence-electron chi connectivity index (χ2n) is 2.25. The normalized spacial score (nSPS) is 10.7. The SMILES string of the molecule is O=C(Cl)c1c(Cl)cnc(C(F)F)c1Cl. The number of carbonyl (C=O) groups is 1. The lowest BCUT2D eigenvalue weighted by Crippen LogP contribution is -2.00. The molecule has 76 valence electrons. The average Bonchev–Trinajstić information content (AvgIpc) is 2.02. The number of aromatic nitrogens is 1. The smallest absolute Gasteiger partial charge is 0.275 e. The molecule has 0 atom stereocenters. The highest BCUT2D eigenvalue weighted by Gasteiger charge is 2.22. The highest BCUT2D eigenvalue weighted by atomic mass is 35.5. The highest BCUT2D eigenvalue weighted by molar-refractivity contribution is 6.70. The minimum atomic E-state index is -2.88. The molecule has 0 aromatic carbocycles. The molecular weight excluding hydrogens is 258 g/mol. The third-order valence-electron chi connectivity index (χ3n) is 1.40. The van der Waals surface area contributed by atoms with Crippen molar-refractivity contribution < 1.29 is 13.6 Å². The molecule has 0 aliphatic carbocycles. The molecule has 1 rings (SSSR count). The van der Waals surface area contributed by atoms with Gasteiger partial charge in [-0.2, -0.15) is 0 Å². The Kier molecular flexibility index (Phi) is 3.64. The van der Waals surface area contributed by atoms with E-state index in [2.05, 4.69) is 4.98 Å². The van der Waals surface area contributed by atoms with Crippen LogP contribution in [0.1, 0.15) is 22.5 Å². The van der Waals surface area contributed by atoms with Crippen LogP contribution in [-0.4, -0.2) is 10.2 Å². The van der Waals surface area contributed by atoms with E-state index in [9.17, 15) is 13.6 Å². The quantitative estimate of drug-likeness (QED) is 0.759. The monoisotopic (exact) mass is 259 g/mol. The Morgan fingerprint density at radius 3 is 2.43 bits per heavy atom. The molecular formula is C7H2Cl3F2NO. The molecule has 2 nitrogen and oxygen atoms in total. The maximum atomic E-state index is 12.3. The van der Waals surface area contributed by atoms with Crippen LogP contribution in [0.15, 0.2) is 6.20 Å². The molecule has 0 radical (unpaired) electrons. The molecule has 1 heterocycles. The topological polar surface area (TPSA) is 30.0 Å². The summed E-state index contributed by atoms with van der Waals surface area (Å²) in [5.74, 6) is 0. The van der Waals surface area contributed by atoms with Crippen LogP contribution in [0.2, 0.25) is 10.0 Å². The largest absolute Gasteiger partial charge is 0.281 e. The lowest BCUT2D eigenvalue weighted by Gasteiger charge is -2.06. The number of nitrogens with zero attached hydrogens (tertiary/aromatic N) is 1. The Morgan fingerprint density at radius 2 is 2.00 bits per heavy atom. The molecule has 0 aliphatic heterocycles. The zero-order valence-corrected chi connectivity index (χ0v) is 8.67. The van der Waals surface area contributed by atoms with Crippen molar-refractivity contribution in [3.05, 3.63) is 27.5 Å². The van der Waals surface area contributed by atoms with Crippen molar-refractivity contribution in [2.24, 2.45) is 0 Å². The maximum Gasteiger partial charge on any atom is 0.281 e. The minimum Gasteiger partial charge on any atom is -0.275 e. The standard InChI is InChI=1S/C7H2Cl3F2NO/c8-2-1-13-5(7(11)12)4(9)3(2)6(10)14/h1,7H. The van der Waals surface area contributed by atoms with Gasteiger partial charge in [-0.15, -0.1) is 0 Å². The van der Waals surface area contributed by atoms with Gasteiger partial charge in [-0.25, -0.2) is 8.78 Å². The number of carbonyl (C=O) groups excluding carboxylic acids is 1. The predicted molar refractivity (Wildman–Crippen MR) is 49.4 cm³/mol. The van der Waals surface area contributed by atoms with Gasteiger partial charge in [-0.05, 0) is 11.6 Å². The van der Waals surface area contributed by atoms with E-state index < -0.39 is 22.4 Å². The summed E-state index contributed by atoms with van der Waals surface area (Å²) in [6, 6.07) is 0. The maximum absolute atomic E-state index is 12.3. The predicted octanol–water partition coefficient (Wildman–Crippen LogP) is 3.71. The van der Waals surface area contributed by atoms with Crippen molar-refractivity contribution in [2.75, 3.05) is 0 Å². The molecule has 1 aromatic rings. The van der Waals surface area contributed by atoms with Crippen LogP contribution in [-0.2, 0) is 0 Å². The number of hydrogen-bond acceptors (Lipinski definition) is 2. The Balaban J connectivity index is 3.41. The van der Waals surface area contributed by atoms with E-state index in [0.717, 1.165) is 6.20 Å². The first-order valence-corrected chi connectivity index (χ1v) is 4.40. The van der Waals surface area contributed by atoms with Gasteiger partial charge in [0.1, 0.15) is 5.69 Å². The molecule has 0 N–H and O–H groups in total. The molecule has 0 aliphatic rings. The minimum absolute atomic E-state index is 0.153. The van der Waals surface area contributed by atoms with E-state index in [1.165, 1.54) is 0 Å². The second kappa shape index (κ2) is 4.38. The van der Waals surface area contributed by atoms with Gasteiger partial charge in [0.05, 0.1) is 15.6 Å². The average molecular weight is 260 g/mol. The van der Waals surface area contributed by atoms with Gasteiger partial charge in [0.15, 0.2) is 0 Å². The number of rotatable bonds is 2. The molecule has 0 saturated heterocycles. The van der Waals surface area contributed by atoms with Crippen LogP contribution in [0.3, 0.4) is 0 Å². The van der Waals surface area contributed by atoms with Crippen LogP contribution in [0, 0.1) is 0 Å². The Morgan fingerprint density at radius 1 is 1.43 bits per heavy atom. The lowest BCUT2D eigenvalue weighted by atomic mass is 10.2.